The van der Waals surface area contributed by atoms with E-state index in [-0.39, 0.29) is 34.8 Å². The number of carbonyl (C=O) groups excluding carboxylic acids is 3. The molecule has 0 saturated heterocycles. The molecular weight excluding hydrogens is 498 g/mol. The Morgan fingerprint density at radius 3 is 2.42 bits per heavy atom. The molecule has 1 aromatic heterocycles. The number of hydrogen-bond donors (Lipinski definition) is 3. The lowest BCUT2D eigenvalue weighted by Crippen LogP contribution is -2.46. The summed E-state index contributed by atoms with van der Waals surface area (Å²) in [5, 5.41) is 3.60. The van der Waals surface area contributed by atoms with E-state index in [1.54, 1.807) is 18.2 Å². The quantitative estimate of drug-likeness (QED) is 0.405. The summed E-state index contributed by atoms with van der Waals surface area (Å²) in [6, 6.07) is 13.7. The van der Waals surface area contributed by atoms with Crippen molar-refractivity contribution >= 4 is 46.5 Å². The van der Waals surface area contributed by atoms with Crippen LogP contribution in [-0.4, -0.2) is 33.0 Å². The van der Waals surface area contributed by atoms with Crippen LogP contribution in [0.3, 0.4) is 0 Å². The van der Waals surface area contributed by atoms with Crippen LogP contribution in [0.2, 0.25) is 5.02 Å². The third-order valence-corrected chi connectivity index (χ3v) is 7.59. The molecule has 5 N–H and O–H groups in total. The highest BCUT2D eigenvalue weighted by molar-refractivity contribution is 7.09. The first-order valence-corrected chi connectivity index (χ1v) is 12.9. The fourth-order valence-electron chi connectivity index (χ4n) is 4.42. The predicted molar refractivity (Wildman–Crippen MR) is 141 cm³/mol. The van der Waals surface area contributed by atoms with Crippen LogP contribution in [0, 0.1) is 6.92 Å². The minimum absolute atomic E-state index is 0.0401. The summed E-state index contributed by atoms with van der Waals surface area (Å²) < 4.78 is 3.98. The van der Waals surface area contributed by atoms with Gasteiger partial charge in [0, 0.05) is 17.6 Å². The van der Waals surface area contributed by atoms with Gasteiger partial charge in [-0.15, -0.1) is 0 Å². The molecule has 1 saturated carbocycles. The lowest BCUT2D eigenvalue weighted by Gasteiger charge is -2.32. The molecule has 188 valence electrons. The van der Waals surface area contributed by atoms with Crippen LogP contribution in [0.25, 0.3) is 0 Å². The van der Waals surface area contributed by atoms with Crippen molar-refractivity contribution in [1.29, 1.82) is 0 Å². The molecule has 1 fully saturated rings. The third-order valence-electron chi connectivity index (χ3n) is 6.37. The van der Waals surface area contributed by atoms with Crippen molar-refractivity contribution in [3.05, 3.63) is 80.8 Å². The molecule has 0 radical (unpaired) electrons. The number of amides is 3. The minimum Gasteiger partial charge on any atom is -0.395 e. The van der Waals surface area contributed by atoms with E-state index in [9.17, 15) is 14.4 Å². The molecule has 1 atom stereocenters. The zero-order valence-corrected chi connectivity index (χ0v) is 21.4. The molecule has 2 aromatic carbocycles. The van der Waals surface area contributed by atoms with Crippen LogP contribution in [0.5, 0.6) is 0 Å². The van der Waals surface area contributed by atoms with E-state index < -0.39 is 17.9 Å². The Morgan fingerprint density at radius 1 is 1.14 bits per heavy atom. The maximum Gasteiger partial charge on any atom is 0.270 e. The molecule has 10 heteroatoms. The molecule has 0 unspecified atom stereocenters. The number of aryl methyl sites for hydroxylation is 1. The average molecular weight is 526 g/mol. The summed E-state index contributed by atoms with van der Waals surface area (Å²) in [4.78, 5) is 41.0. The van der Waals surface area contributed by atoms with E-state index in [0.717, 1.165) is 42.8 Å². The van der Waals surface area contributed by atoms with E-state index in [1.165, 1.54) is 4.90 Å². The van der Waals surface area contributed by atoms with Crippen LogP contribution < -0.4 is 16.8 Å². The summed E-state index contributed by atoms with van der Waals surface area (Å²) in [6.45, 7) is 1.99. The summed E-state index contributed by atoms with van der Waals surface area (Å²) in [5.74, 6) is -1.65. The van der Waals surface area contributed by atoms with Gasteiger partial charge in [-0.2, -0.15) is 4.37 Å². The molecule has 0 spiro atoms. The summed E-state index contributed by atoms with van der Waals surface area (Å²) >= 11 is 7.23. The molecule has 36 heavy (non-hydrogen) atoms. The largest absolute Gasteiger partial charge is 0.395 e. The molecule has 1 aliphatic carbocycles. The Bertz CT molecular complexity index is 1270. The van der Waals surface area contributed by atoms with Crippen molar-refractivity contribution < 1.29 is 14.4 Å². The standard InChI is InChI=1S/C26H28ClN5O3S/c1-15-10-12-16(13-11-15)22(25(34)30-18-7-3-4-8-18)32(14-17-6-2-5-9-19(17)27)26(35)23-20(28)21(24(29)33)31-36-23/h2,5-6,9-13,18,22H,3-4,7-8,14,28H2,1H3,(H2,29,33)(H,30,34)/t22-/m1/s1. The number of aromatic nitrogens is 1. The fourth-order valence-corrected chi connectivity index (χ4v) is 5.38. The minimum atomic E-state index is -0.964. The van der Waals surface area contributed by atoms with Crippen LogP contribution >= 0.6 is 23.1 Å². The zero-order valence-electron chi connectivity index (χ0n) is 19.9. The lowest BCUT2D eigenvalue weighted by molar-refractivity contribution is -0.126. The number of carbonyl (C=O) groups is 3. The molecule has 4 rings (SSSR count). The first-order chi connectivity index (χ1) is 17.3. The number of nitrogen functional groups attached to an aromatic ring is 1. The van der Waals surface area contributed by atoms with Gasteiger partial charge in [0.05, 0.1) is 5.69 Å². The number of rotatable bonds is 8. The fraction of sp³-hybridized carbons (Fsp3) is 0.308. The summed E-state index contributed by atoms with van der Waals surface area (Å²) in [6.07, 6.45) is 3.90. The van der Waals surface area contributed by atoms with Gasteiger partial charge in [0.15, 0.2) is 5.69 Å². The molecule has 1 heterocycles. The molecule has 3 aromatic rings. The lowest BCUT2D eigenvalue weighted by atomic mass is 10.0. The van der Waals surface area contributed by atoms with E-state index >= 15 is 0 Å². The van der Waals surface area contributed by atoms with Gasteiger partial charge < -0.3 is 21.7 Å². The Kier molecular flexibility index (Phi) is 7.91. The Hall–Kier alpha value is -3.43. The Morgan fingerprint density at radius 2 is 1.81 bits per heavy atom. The zero-order chi connectivity index (χ0) is 25.8. The highest BCUT2D eigenvalue weighted by atomic mass is 35.5. The number of hydrogen-bond acceptors (Lipinski definition) is 6. The normalized spacial score (nSPS) is 14.4. The van der Waals surface area contributed by atoms with Gasteiger partial charge in [0.25, 0.3) is 11.8 Å². The van der Waals surface area contributed by atoms with Crippen molar-refractivity contribution in [1.82, 2.24) is 14.6 Å². The summed E-state index contributed by atoms with van der Waals surface area (Å²) in [7, 11) is 0. The number of nitrogens with zero attached hydrogens (tertiary/aromatic N) is 2. The van der Waals surface area contributed by atoms with E-state index in [2.05, 4.69) is 9.69 Å². The van der Waals surface area contributed by atoms with Gasteiger partial charge in [-0.25, -0.2) is 0 Å². The third kappa shape index (κ3) is 5.52. The maximum absolute atomic E-state index is 14.0. The van der Waals surface area contributed by atoms with E-state index in [1.807, 2.05) is 37.3 Å². The molecule has 0 aliphatic heterocycles. The average Bonchev–Trinajstić information content (AvgIpc) is 3.50. The highest BCUT2D eigenvalue weighted by Gasteiger charge is 2.36. The van der Waals surface area contributed by atoms with Crippen molar-refractivity contribution in [2.24, 2.45) is 5.73 Å². The van der Waals surface area contributed by atoms with Gasteiger partial charge in [0.1, 0.15) is 10.9 Å². The molecule has 8 nitrogen and oxygen atoms in total. The van der Waals surface area contributed by atoms with Crippen molar-refractivity contribution in [2.75, 3.05) is 5.73 Å². The van der Waals surface area contributed by atoms with Crippen LogP contribution in [0.1, 0.15) is 68.6 Å². The first-order valence-electron chi connectivity index (χ1n) is 11.7. The number of benzene rings is 2. The molecule has 0 bridgehead atoms. The SMILES string of the molecule is Cc1ccc([C@H](C(=O)NC2CCCC2)N(Cc2ccccc2Cl)C(=O)c2snc(C(N)=O)c2N)cc1. The van der Waals surface area contributed by atoms with Gasteiger partial charge in [-0.1, -0.05) is 72.5 Å². The van der Waals surface area contributed by atoms with Crippen LogP contribution in [0.4, 0.5) is 5.69 Å². The van der Waals surface area contributed by atoms with Gasteiger partial charge in [-0.3, -0.25) is 14.4 Å². The predicted octanol–water partition coefficient (Wildman–Crippen LogP) is 4.23. The van der Waals surface area contributed by atoms with Gasteiger partial charge in [-0.05, 0) is 48.5 Å². The second-order valence-electron chi connectivity index (χ2n) is 8.97. The number of primary amides is 1. The second kappa shape index (κ2) is 11.1. The van der Waals surface area contributed by atoms with Crippen molar-refractivity contribution in [2.45, 2.75) is 51.2 Å². The number of nitrogens with two attached hydrogens (primary N) is 2. The van der Waals surface area contributed by atoms with E-state index in [0.29, 0.717) is 16.1 Å². The second-order valence-corrected chi connectivity index (χ2v) is 10.1. The summed E-state index contributed by atoms with van der Waals surface area (Å²) in [5.41, 5.74) is 13.6. The maximum atomic E-state index is 14.0. The van der Waals surface area contributed by atoms with E-state index in [4.69, 9.17) is 23.1 Å². The molecular formula is C26H28ClN5O3S. The van der Waals surface area contributed by atoms with Crippen molar-refractivity contribution in [3.63, 3.8) is 0 Å². The van der Waals surface area contributed by atoms with Gasteiger partial charge >= 0.3 is 0 Å². The van der Waals surface area contributed by atoms with Crippen molar-refractivity contribution in [3.8, 4) is 0 Å². The first kappa shape index (κ1) is 25.7. The molecule has 1 aliphatic rings. The topological polar surface area (TPSA) is 131 Å². The smallest absolute Gasteiger partial charge is 0.270 e. The Labute approximate surface area is 218 Å². The monoisotopic (exact) mass is 525 g/mol. The Balaban J connectivity index is 1.81. The number of nitrogens with one attached hydrogen (secondary N) is 1. The number of halogens is 1. The van der Waals surface area contributed by atoms with Gasteiger partial charge in [0.2, 0.25) is 5.91 Å². The molecule has 3 amide bonds. The highest BCUT2D eigenvalue weighted by Crippen LogP contribution is 2.32. The van der Waals surface area contributed by atoms with Crippen LogP contribution in [-0.2, 0) is 11.3 Å². The number of anilines is 1. The van der Waals surface area contributed by atoms with Crippen LogP contribution in [0.15, 0.2) is 48.5 Å².